The van der Waals surface area contributed by atoms with Crippen molar-refractivity contribution in [2.24, 2.45) is 0 Å². The molecule has 0 saturated carbocycles. The van der Waals surface area contributed by atoms with Crippen molar-refractivity contribution in [1.82, 2.24) is 0 Å². The molecule has 0 N–H and O–H groups in total. The molecule has 0 saturated heterocycles. The third kappa shape index (κ3) is 8.55. The van der Waals surface area contributed by atoms with Gasteiger partial charge in [-0.3, -0.25) is 0 Å². The van der Waals surface area contributed by atoms with Crippen LogP contribution in [0.2, 0.25) is 39.3 Å². The van der Waals surface area contributed by atoms with Crippen molar-refractivity contribution < 1.29 is 13.0 Å². The summed E-state index contributed by atoms with van der Waals surface area (Å²) in [6, 6.07) is 20.6. The van der Waals surface area contributed by atoms with E-state index >= 15 is 0 Å². The molecule has 0 amide bonds. The summed E-state index contributed by atoms with van der Waals surface area (Å²) in [6.45, 7) is 18.8. The largest absolute Gasteiger partial charge is 0.456 e. The van der Waals surface area contributed by atoms with E-state index in [0.29, 0.717) is 13.2 Å². The molecule has 0 aliphatic rings. The van der Waals surface area contributed by atoms with Crippen LogP contribution in [0, 0.1) is 0 Å². The zero-order valence-corrected chi connectivity index (χ0v) is 21.9. The minimum Gasteiger partial charge on any atom is -0.456 e. The van der Waals surface area contributed by atoms with E-state index in [4.69, 9.17) is 13.0 Å². The molecule has 2 aromatic carbocycles. The fourth-order valence-corrected chi connectivity index (χ4v) is 13.7. The minimum absolute atomic E-state index is 0.649. The SMILES string of the molecule is CCO[Si](OCC)(c1ccccc1)c1ccccc1.C[Si](C)(C)O[Si](C)(C)C. The monoisotopic (exact) mass is 434 g/mol. The molecule has 156 valence electrons. The first-order valence-corrected chi connectivity index (χ1v) is 18.8. The molecule has 0 spiro atoms. The van der Waals surface area contributed by atoms with Gasteiger partial charge in [0.05, 0.1) is 0 Å². The lowest BCUT2D eigenvalue weighted by Gasteiger charge is -2.30. The van der Waals surface area contributed by atoms with E-state index < -0.39 is 25.2 Å². The van der Waals surface area contributed by atoms with Gasteiger partial charge in [-0.15, -0.1) is 0 Å². The smallest absolute Gasteiger partial charge is 0.407 e. The summed E-state index contributed by atoms with van der Waals surface area (Å²) < 4.78 is 18.2. The molecular formula is C22H38O3Si3. The van der Waals surface area contributed by atoms with Crippen molar-refractivity contribution in [3.05, 3.63) is 60.7 Å². The van der Waals surface area contributed by atoms with Gasteiger partial charge in [-0.25, -0.2) is 0 Å². The Morgan fingerprint density at radius 2 is 0.893 bits per heavy atom. The van der Waals surface area contributed by atoms with Crippen molar-refractivity contribution in [2.75, 3.05) is 13.2 Å². The molecule has 3 nitrogen and oxygen atoms in total. The normalized spacial score (nSPS) is 12.3. The summed E-state index contributed by atoms with van der Waals surface area (Å²) in [7, 11) is -5.01. The molecular weight excluding hydrogens is 396 g/mol. The topological polar surface area (TPSA) is 27.7 Å². The summed E-state index contributed by atoms with van der Waals surface area (Å²) >= 11 is 0. The van der Waals surface area contributed by atoms with Crippen LogP contribution in [0.15, 0.2) is 60.7 Å². The summed E-state index contributed by atoms with van der Waals surface area (Å²) in [5.41, 5.74) is 0. The van der Waals surface area contributed by atoms with Gasteiger partial charge < -0.3 is 13.0 Å². The molecule has 0 heterocycles. The zero-order valence-electron chi connectivity index (χ0n) is 18.9. The van der Waals surface area contributed by atoms with Crippen molar-refractivity contribution in [3.63, 3.8) is 0 Å². The van der Waals surface area contributed by atoms with Gasteiger partial charge in [-0.2, -0.15) is 0 Å². The zero-order chi connectivity index (χ0) is 21.3. The molecule has 0 bridgehead atoms. The maximum absolute atomic E-state index is 6.16. The van der Waals surface area contributed by atoms with E-state index in [1.54, 1.807) is 0 Å². The van der Waals surface area contributed by atoms with E-state index in [1.807, 2.05) is 50.2 Å². The first-order chi connectivity index (χ1) is 13.0. The van der Waals surface area contributed by atoms with E-state index in [9.17, 15) is 0 Å². The highest BCUT2D eigenvalue weighted by Crippen LogP contribution is 2.12. The van der Waals surface area contributed by atoms with Gasteiger partial charge in [0.1, 0.15) is 0 Å². The number of benzene rings is 2. The Kier molecular flexibility index (Phi) is 10.0. The second-order valence-electron chi connectivity index (χ2n) is 8.54. The Hall–Kier alpha value is -1.03. The Bertz CT molecular complexity index is 605. The summed E-state index contributed by atoms with van der Waals surface area (Å²) in [4.78, 5) is 0. The molecule has 0 aliphatic heterocycles. The van der Waals surface area contributed by atoms with Gasteiger partial charge >= 0.3 is 8.56 Å². The van der Waals surface area contributed by atoms with E-state index in [-0.39, 0.29) is 0 Å². The quantitative estimate of drug-likeness (QED) is 0.548. The molecule has 0 aliphatic carbocycles. The average molecular weight is 435 g/mol. The lowest BCUT2D eigenvalue weighted by Crippen LogP contribution is -2.63. The summed E-state index contributed by atoms with van der Waals surface area (Å²) in [5, 5.41) is 2.31. The van der Waals surface area contributed by atoms with Crippen LogP contribution >= 0.6 is 0 Å². The predicted molar refractivity (Wildman–Crippen MR) is 129 cm³/mol. The van der Waals surface area contributed by atoms with Crippen molar-refractivity contribution in [2.45, 2.75) is 53.1 Å². The molecule has 2 rings (SSSR count). The highest BCUT2D eigenvalue weighted by Gasteiger charge is 2.41. The molecule has 0 aromatic heterocycles. The average Bonchev–Trinajstić information content (AvgIpc) is 2.60. The molecule has 6 heteroatoms. The van der Waals surface area contributed by atoms with E-state index in [1.165, 1.54) is 0 Å². The van der Waals surface area contributed by atoms with Crippen LogP contribution in [0.3, 0.4) is 0 Å². The number of hydrogen-bond donors (Lipinski definition) is 0. The standard InChI is InChI=1S/C16H20O2Si.C6H18OSi2/c1-3-17-19(18-4-2,15-11-7-5-8-12-15)16-13-9-6-10-14-16;1-8(2,3)7-9(4,5)6/h5-14H,3-4H2,1-2H3;1-6H3. The van der Waals surface area contributed by atoms with Crippen molar-refractivity contribution in [3.8, 4) is 0 Å². The van der Waals surface area contributed by atoms with Gasteiger partial charge in [-0.05, 0) is 63.5 Å². The molecule has 0 radical (unpaired) electrons. The lowest BCUT2D eigenvalue weighted by atomic mass is 10.4. The number of rotatable bonds is 8. The second kappa shape index (κ2) is 11.2. The van der Waals surface area contributed by atoms with Crippen LogP contribution in [0.1, 0.15) is 13.8 Å². The molecule has 0 unspecified atom stereocenters. The van der Waals surface area contributed by atoms with Gasteiger partial charge in [-0.1, -0.05) is 60.7 Å². The fourth-order valence-electron chi connectivity index (χ4n) is 3.18. The predicted octanol–water partition coefficient (Wildman–Crippen LogP) is 4.99. The van der Waals surface area contributed by atoms with E-state index in [0.717, 1.165) is 10.4 Å². The third-order valence-corrected chi connectivity index (χ3v) is 12.1. The number of hydrogen-bond acceptors (Lipinski definition) is 3. The van der Waals surface area contributed by atoms with Crippen molar-refractivity contribution in [1.29, 1.82) is 0 Å². The van der Waals surface area contributed by atoms with Crippen LogP contribution in [-0.2, 0) is 13.0 Å². The lowest BCUT2D eigenvalue weighted by molar-refractivity contribution is 0.208. The maximum atomic E-state index is 6.16. The Morgan fingerprint density at radius 3 is 1.11 bits per heavy atom. The van der Waals surface area contributed by atoms with Crippen LogP contribution in [-0.4, -0.2) is 38.4 Å². The van der Waals surface area contributed by atoms with Crippen LogP contribution in [0.5, 0.6) is 0 Å². The van der Waals surface area contributed by atoms with E-state index in [2.05, 4.69) is 63.5 Å². The highest BCUT2D eigenvalue weighted by atomic mass is 28.4. The second-order valence-corrected chi connectivity index (χ2v) is 20.8. The Balaban J connectivity index is 0.000000370. The molecule has 2 aromatic rings. The van der Waals surface area contributed by atoms with Gasteiger partial charge in [0.15, 0.2) is 16.6 Å². The van der Waals surface area contributed by atoms with Crippen molar-refractivity contribution >= 4 is 35.6 Å². The fraction of sp³-hybridized carbons (Fsp3) is 0.455. The minimum atomic E-state index is -2.55. The first-order valence-electron chi connectivity index (χ1n) is 10.1. The summed E-state index contributed by atoms with van der Waals surface area (Å²) in [6.07, 6.45) is 0. The highest BCUT2D eigenvalue weighted by molar-refractivity contribution is 6.92. The Labute approximate surface area is 175 Å². The van der Waals surface area contributed by atoms with Crippen LogP contribution < -0.4 is 10.4 Å². The maximum Gasteiger partial charge on any atom is 0.407 e. The van der Waals surface area contributed by atoms with Crippen LogP contribution in [0.4, 0.5) is 0 Å². The molecule has 0 atom stereocenters. The summed E-state index contributed by atoms with van der Waals surface area (Å²) in [5.74, 6) is 0. The molecule has 28 heavy (non-hydrogen) atoms. The molecule has 0 fully saturated rings. The van der Waals surface area contributed by atoms with Crippen LogP contribution in [0.25, 0.3) is 0 Å². The van der Waals surface area contributed by atoms with Gasteiger partial charge in [0.2, 0.25) is 0 Å². The third-order valence-electron chi connectivity index (χ3n) is 3.62. The van der Waals surface area contributed by atoms with Gasteiger partial charge in [0.25, 0.3) is 0 Å². The van der Waals surface area contributed by atoms with Gasteiger partial charge in [0, 0.05) is 13.2 Å². The first kappa shape index (κ1) is 25.0. The Morgan fingerprint density at radius 1 is 0.571 bits per heavy atom.